The van der Waals surface area contributed by atoms with Crippen LogP contribution in [0.5, 0.6) is 0 Å². The topological polar surface area (TPSA) is 97.5 Å². The van der Waals surface area contributed by atoms with Crippen molar-refractivity contribution in [2.45, 2.75) is 32.0 Å². The van der Waals surface area contributed by atoms with Crippen molar-refractivity contribution in [3.8, 4) is 0 Å². The van der Waals surface area contributed by atoms with Gasteiger partial charge < -0.3 is 20.7 Å². The number of thiophene rings is 1. The van der Waals surface area contributed by atoms with Gasteiger partial charge in [-0.3, -0.25) is 0 Å². The number of aromatic nitrogens is 1. The lowest BCUT2D eigenvalue weighted by Crippen LogP contribution is -2.43. The number of halogens is 3. The predicted octanol–water partition coefficient (Wildman–Crippen LogP) is 5.06. The van der Waals surface area contributed by atoms with Crippen LogP contribution in [0.4, 0.5) is 29.3 Å². The van der Waals surface area contributed by atoms with Gasteiger partial charge in [0, 0.05) is 37.0 Å². The summed E-state index contributed by atoms with van der Waals surface area (Å²) in [7, 11) is 0. The minimum Gasteiger partial charge on any atom is -0.458 e. The number of nitrogen functional groups attached to an aromatic ring is 1. The summed E-state index contributed by atoms with van der Waals surface area (Å²) >= 11 is 0.787. The molecular weight excluding hydrogens is 457 g/mol. The van der Waals surface area contributed by atoms with Crippen LogP contribution >= 0.6 is 11.3 Å². The molecule has 11 heteroatoms. The maximum absolute atomic E-state index is 13.1. The maximum atomic E-state index is 13.1. The molecule has 7 nitrogen and oxygen atoms in total. The zero-order chi connectivity index (χ0) is 23.8. The molecule has 3 heterocycles. The number of hydrogen-bond acceptors (Lipinski definition) is 6. The summed E-state index contributed by atoms with van der Waals surface area (Å²) in [6.45, 7) is 2.29. The third kappa shape index (κ3) is 4.87. The van der Waals surface area contributed by atoms with Gasteiger partial charge in [-0.15, -0.1) is 11.3 Å². The number of anilines is 2. The minimum atomic E-state index is -4.60. The number of urea groups is 1. The number of carbonyl (C=O) groups is 2. The third-order valence-corrected chi connectivity index (χ3v) is 6.48. The van der Waals surface area contributed by atoms with Crippen molar-refractivity contribution in [1.82, 2.24) is 9.88 Å². The van der Waals surface area contributed by atoms with Crippen molar-refractivity contribution in [2.75, 3.05) is 24.1 Å². The van der Waals surface area contributed by atoms with Crippen LogP contribution in [0.2, 0.25) is 0 Å². The molecule has 1 fully saturated rings. The quantitative estimate of drug-likeness (QED) is 0.513. The SMILES string of the molecule is Cc1cc(C(F)(F)F)nc2sc(C(=O)OC3CCN(C(=O)Nc4ccccc4)CC3)c(N)c12. The van der Waals surface area contributed by atoms with E-state index in [-0.39, 0.29) is 27.0 Å². The maximum Gasteiger partial charge on any atom is 0.433 e. The first-order chi connectivity index (χ1) is 15.6. The largest absolute Gasteiger partial charge is 0.458 e. The number of pyridine rings is 1. The monoisotopic (exact) mass is 478 g/mol. The Bertz CT molecular complexity index is 1190. The van der Waals surface area contributed by atoms with Crippen LogP contribution in [-0.4, -0.2) is 41.1 Å². The Morgan fingerprint density at radius 1 is 1.21 bits per heavy atom. The molecule has 0 saturated carbocycles. The Morgan fingerprint density at radius 3 is 2.52 bits per heavy atom. The second-order valence-electron chi connectivity index (χ2n) is 7.74. The van der Waals surface area contributed by atoms with Crippen LogP contribution in [0.15, 0.2) is 36.4 Å². The van der Waals surface area contributed by atoms with E-state index < -0.39 is 23.9 Å². The first-order valence-electron chi connectivity index (χ1n) is 10.2. The summed E-state index contributed by atoms with van der Waals surface area (Å²) in [5.41, 5.74) is 6.08. The summed E-state index contributed by atoms with van der Waals surface area (Å²) in [4.78, 5) is 30.5. The van der Waals surface area contributed by atoms with Gasteiger partial charge in [0.05, 0.1) is 5.69 Å². The molecule has 0 bridgehead atoms. The van der Waals surface area contributed by atoms with E-state index in [1.807, 2.05) is 18.2 Å². The summed E-state index contributed by atoms with van der Waals surface area (Å²) in [5, 5.41) is 3.14. The predicted molar refractivity (Wildman–Crippen MR) is 119 cm³/mol. The molecule has 3 aromatic rings. The van der Waals surface area contributed by atoms with Crippen LogP contribution in [0.25, 0.3) is 10.2 Å². The Hall–Kier alpha value is -3.34. The Labute approximate surface area is 191 Å². The van der Waals surface area contributed by atoms with Crippen molar-refractivity contribution in [2.24, 2.45) is 0 Å². The fourth-order valence-corrected chi connectivity index (χ4v) is 4.77. The summed E-state index contributed by atoms with van der Waals surface area (Å²) in [6.07, 6.45) is -4.15. The highest BCUT2D eigenvalue weighted by molar-refractivity contribution is 7.21. The molecule has 1 aromatic carbocycles. The Kier molecular flexibility index (Phi) is 6.15. The number of amides is 2. The lowest BCUT2D eigenvalue weighted by molar-refractivity contribution is -0.141. The normalized spacial score (nSPS) is 15.0. The van der Waals surface area contributed by atoms with E-state index >= 15 is 0 Å². The van der Waals surface area contributed by atoms with Crippen LogP contribution < -0.4 is 11.1 Å². The highest BCUT2D eigenvalue weighted by Gasteiger charge is 2.34. The molecule has 0 radical (unpaired) electrons. The molecule has 2 amide bonds. The molecule has 1 saturated heterocycles. The van der Waals surface area contributed by atoms with E-state index in [0.717, 1.165) is 17.4 Å². The number of likely N-dealkylation sites (tertiary alicyclic amines) is 1. The average Bonchev–Trinajstić information content (AvgIpc) is 3.11. The zero-order valence-corrected chi connectivity index (χ0v) is 18.4. The van der Waals surface area contributed by atoms with Gasteiger partial charge in [-0.05, 0) is 30.7 Å². The molecule has 174 valence electrons. The number of aryl methyl sites for hydroxylation is 1. The number of hydrogen-bond donors (Lipinski definition) is 2. The average molecular weight is 478 g/mol. The van der Waals surface area contributed by atoms with E-state index in [1.165, 1.54) is 6.92 Å². The standard InChI is InChI=1S/C22H21F3N4O3S/c1-12-11-15(22(23,24)25)28-19-16(12)17(26)18(33-19)20(30)32-14-7-9-29(10-8-14)21(31)27-13-5-3-2-4-6-13/h2-6,11,14H,7-10,26H2,1H3,(H,27,31). The van der Waals surface area contributed by atoms with E-state index in [9.17, 15) is 22.8 Å². The van der Waals surface area contributed by atoms with Gasteiger partial charge in [0.2, 0.25) is 0 Å². The number of nitrogens with two attached hydrogens (primary N) is 1. The van der Waals surface area contributed by atoms with E-state index in [2.05, 4.69) is 10.3 Å². The van der Waals surface area contributed by atoms with E-state index in [1.54, 1.807) is 17.0 Å². The number of nitrogens with zero attached hydrogens (tertiary/aromatic N) is 2. The van der Waals surface area contributed by atoms with Gasteiger partial charge in [-0.2, -0.15) is 13.2 Å². The number of piperidine rings is 1. The smallest absolute Gasteiger partial charge is 0.433 e. The van der Waals surface area contributed by atoms with Crippen LogP contribution in [-0.2, 0) is 10.9 Å². The molecule has 4 rings (SSSR count). The van der Waals surface area contributed by atoms with Crippen molar-refractivity contribution in [1.29, 1.82) is 0 Å². The van der Waals surface area contributed by atoms with Crippen LogP contribution in [0, 0.1) is 6.92 Å². The van der Waals surface area contributed by atoms with Gasteiger partial charge in [0.1, 0.15) is 21.5 Å². The van der Waals surface area contributed by atoms with E-state index in [0.29, 0.717) is 37.0 Å². The lowest BCUT2D eigenvalue weighted by atomic mass is 10.1. The van der Waals surface area contributed by atoms with Gasteiger partial charge in [0.25, 0.3) is 0 Å². The third-order valence-electron chi connectivity index (χ3n) is 5.40. The highest BCUT2D eigenvalue weighted by atomic mass is 32.1. The molecule has 1 aliphatic heterocycles. The summed E-state index contributed by atoms with van der Waals surface area (Å²) in [5.74, 6) is -0.698. The van der Waals surface area contributed by atoms with Gasteiger partial charge in [-0.1, -0.05) is 18.2 Å². The number of benzene rings is 1. The lowest BCUT2D eigenvalue weighted by Gasteiger charge is -2.31. The van der Waals surface area contributed by atoms with Crippen molar-refractivity contribution in [3.05, 3.63) is 52.5 Å². The van der Waals surface area contributed by atoms with Gasteiger partial charge in [-0.25, -0.2) is 14.6 Å². The number of alkyl halides is 3. The first-order valence-corrected chi connectivity index (χ1v) is 11.0. The minimum absolute atomic E-state index is 0.0316. The molecule has 0 unspecified atom stereocenters. The molecule has 1 aliphatic rings. The molecule has 0 atom stereocenters. The number of nitrogens with one attached hydrogen (secondary N) is 1. The number of fused-ring (bicyclic) bond motifs is 1. The number of esters is 1. The molecule has 2 aromatic heterocycles. The van der Waals surface area contributed by atoms with Gasteiger partial charge in [0.15, 0.2) is 0 Å². The number of para-hydroxylation sites is 1. The summed E-state index contributed by atoms with van der Waals surface area (Å²) in [6, 6.07) is 9.75. The number of ether oxygens (including phenoxy) is 1. The van der Waals surface area contributed by atoms with Crippen LogP contribution in [0.3, 0.4) is 0 Å². The summed E-state index contributed by atoms with van der Waals surface area (Å²) < 4.78 is 44.8. The van der Waals surface area contributed by atoms with Gasteiger partial charge >= 0.3 is 18.2 Å². The number of carbonyl (C=O) groups excluding carboxylic acids is 2. The fraction of sp³-hybridized carbons (Fsp3) is 0.318. The Balaban J connectivity index is 1.40. The molecular formula is C22H21F3N4O3S. The first kappa shape index (κ1) is 22.8. The van der Waals surface area contributed by atoms with Crippen molar-refractivity contribution >= 4 is 44.9 Å². The molecule has 0 aliphatic carbocycles. The second-order valence-corrected chi connectivity index (χ2v) is 8.73. The van der Waals surface area contributed by atoms with E-state index in [4.69, 9.17) is 10.5 Å². The molecule has 0 spiro atoms. The number of rotatable bonds is 3. The zero-order valence-electron chi connectivity index (χ0n) is 17.6. The molecule has 33 heavy (non-hydrogen) atoms. The van der Waals surface area contributed by atoms with Crippen LogP contribution in [0.1, 0.15) is 33.8 Å². The van der Waals surface area contributed by atoms with Crippen molar-refractivity contribution < 1.29 is 27.5 Å². The highest BCUT2D eigenvalue weighted by Crippen LogP contribution is 2.38. The van der Waals surface area contributed by atoms with Crippen molar-refractivity contribution in [3.63, 3.8) is 0 Å². The fourth-order valence-electron chi connectivity index (χ4n) is 3.71. The molecule has 3 N–H and O–H groups in total. The second kappa shape index (κ2) is 8.89. The Morgan fingerprint density at radius 2 is 1.88 bits per heavy atom.